The van der Waals surface area contributed by atoms with Gasteiger partial charge in [0.1, 0.15) is 11.8 Å². The van der Waals surface area contributed by atoms with Crippen LogP contribution in [0.2, 0.25) is 10.0 Å². The number of fused-ring (bicyclic) bond motifs is 1. The van der Waals surface area contributed by atoms with Gasteiger partial charge in [-0.1, -0.05) is 30.1 Å². The van der Waals surface area contributed by atoms with E-state index in [1.165, 1.54) is 17.1 Å². The molecule has 18 heavy (non-hydrogen) atoms. The molecule has 0 saturated heterocycles. The predicted molar refractivity (Wildman–Crippen MR) is 72.2 cm³/mol. The van der Waals surface area contributed by atoms with Crippen LogP contribution in [-0.4, -0.2) is 21.3 Å². The predicted octanol–water partition coefficient (Wildman–Crippen LogP) is 2.36. The number of rotatable bonds is 3. The van der Waals surface area contributed by atoms with Crippen LogP contribution in [0.3, 0.4) is 0 Å². The maximum Gasteiger partial charge on any atom is 0.281 e. The summed E-state index contributed by atoms with van der Waals surface area (Å²) in [6, 6.07) is 1.33. The maximum atomic E-state index is 12.1. The number of aromatic hydroxyl groups is 1. The van der Waals surface area contributed by atoms with Crippen LogP contribution in [0.15, 0.2) is 17.2 Å². The second kappa shape index (κ2) is 5.04. The molecule has 5 nitrogen and oxygen atoms in total. The zero-order chi connectivity index (χ0) is 13.3. The molecule has 0 aliphatic heterocycles. The van der Waals surface area contributed by atoms with Crippen LogP contribution in [0.1, 0.15) is 13.3 Å². The third kappa shape index (κ3) is 2.11. The van der Waals surface area contributed by atoms with Crippen molar-refractivity contribution in [3.63, 3.8) is 0 Å². The number of phenolic OH excluding ortho intramolecular Hbond substituents is 1. The summed E-state index contributed by atoms with van der Waals surface area (Å²) in [5, 5.41) is 10.1. The molecule has 7 heteroatoms. The van der Waals surface area contributed by atoms with E-state index in [1.807, 2.05) is 6.92 Å². The van der Waals surface area contributed by atoms with Crippen LogP contribution in [0.5, 0.6) is 5.75 Å². The van der Waals surface area contributed by atoms with Gasteiger partial charge in [0, 0.05) is 6.54 Å². The van der Waals surface area contributed by atoms with Crippen molar-refractivity contribution < 1.29 is 5.11 Å². The largest absolute Gasteiger partial charge is 0.504 e. The summed E-state index contributed by atoms with van der Waals surface area (Å²) in [5.74, 6) is -0.240. The molecule has 0 atom stereocenters. The third-order valence-corrected chi connectivity index (χ3v) is 3.03. The van der Waals surface area contributed by atoms with E-state index < -0.39 is 0 Å². The number of halogens is 2. The van der Waals surface area contributed by atoms with Gasteiger partial charge >= 0.3 is 0 Å². The Balaban J connectivity index is 2.71. The number of nitrogens with zero attached hydrogens (tertiary/aromatic N) is 2. The standard InChI is InChI=1S/C11H11Cl2N3O2/c1-2-3-15-16-5-14-9-8(11(16)18)6(12)4-7(13)10(9)17/h4-5,15,17H,2-3H2,1H3. The Bertz CT molecular complexity index is 655. The molecule has 1 aromatic carbocycles. The van der Waals surface area contributed by atoms with E-state index in [0.717, 1.165) is 6.42 Å². The fourth-order valence-electron chi connectivity index (χ4n) is 1.56. The van der Waals surface area contributed by atoms with Gasteiger partial charge in [0.05, 0.1) is 15.4 Å². The number of phenols is 1. The zero-order valence-electron chi connectivity index (χ0n) is 9.57. The smallest absolute Gasteiger partial charge is 0.281 e. The zero-order valence-corrected chi connectivity index (χ0v) is 11.1. The Morgan fingerprint density at radius 2 is 2.17 bits per heavy atom. The van der Waals surface area contributed by atoms with Crippen molar-refractivity contribution in [2.75, 3.05) is 12.0 Å². The van der Waals surface area contributed by atoms with Crippen molar-refractivity contribution in [2.45, 2.75) is 13.3 Å². The monoisotopic (exact) mass is 287 g/mol. The topological polar surface area (TPSA) is 67.2 Å². The van der Waals surface area contributed by atoms with Crippen molar-refractivity contribution >= 4 is 34.1 Å². The SMILES string of the molecule is CCCNn1cnc2c(O)c(Cl)cc(Cl)c2c1=O. The highest BCUT2D eigenvalue weighted by Crippen LogP contribution is 2.33. The number of benzene rings is 1. The Morgan fingerprint density at radius 3 is 2.83 bits per heavy atom. The van der Waals surface area contributed by atoms with Crippen LogP contribution in [0, 0.1) is 0 Å². The highest BCUT2D eigenvalue weighted by atomic mass is 35.5. The first kappa shape index (κ1) is 13.0. The molecule has 1 heterocycles. The fraction of sp³-hybridized carbons (Fsp3) is 0.273. The lowest BCUT2D eigenvalue weighted by Gasteiger charge is -2.10. The lowest BCUT2D eigenvalue weighted by atomic mass is 10.2. The number of hydrogen-bond donors (Lipinski definition) is 2. The van der Waals surface area contributed by atoms with Gasteiger partial charge in [-0.15, -0.1) is 0 Å². The Morgan fingerprint density at radius 1 is 1.44 bits per heavy atom. The van der Waals surface area contributed by atoms with E-state index in [1.54, 1.807) is 0 Å². The number of aromatic nitrogens is 2. The van der Waals surface area contributed by atoms with E-state index in [-0.39, 0.29) is 32.3 Å². The second-order valence-corrected chi connectivity index (χ2v) is 4.55. The molecule has 0 unspecified atom stereocenters. The average Bonchev–Trinajstić information content (AvgIpc) is 2.34. The quantitative estimate of drug-likeness (QED) is 0.909. The highest BCUT2D eigenvalue weighted by Gasteiger charge is 2.14. The van der Waals surface area contributed by atoms with Gasteiger partial charge in [-0.2, -0.15) is 0 Å². The minimum absolute atomic E-state index is 0.0682. The van der Waals surface area contributed by atoms with E-state index in [2.05, 4.69) is 10.4 Å². The first-order valence-corrected chi connectivity index (χ1v) is 6.14. The highest BCUT2D eigenvalue weighted by molar-refractivity contribution is 6.39. The molecular formula is C11H11Cl2N3O2. The minimum Gasteiger partial charge on any atom is -0.504 e. The van der Waals surface area contributed by atoms with Gasteiger partial charge in [0.15, 0.2) is 5.75 Å². The first-order chi connectivity index (χ1) is 8.56. The normalized spacial score (nSPS) is 10.8. The van der Waals surface area contributed by atoms with Crippen LogP contribution in [-0.2, 0) is 0 Å². The lowest BCUT2D eigenvalue weighted by molar-refractivity contribution is 0.480. The molecule has 1 aromatic heterocycles. The third-order valence-electron chi connectivity index (χ3n) is 2.45. The average molecular weight is 288 g/mol. The van der Waals surface area contributed by atoms with Crippen molar-refractivity contribution in [1.82, 2.24) is 9.66 Å². The van der Waals surface area contributed by atoms with Gasteiger partial charge < -0.3 is 10.5 Å². The molecule has 0 saturated carbocycles. The number of nitrogens with one attached hydrogen (secondary N) is 1. The Hall–Kier alpha value is -1.46. The van der Waals surface area contributed by atoms with Crippen molar-refractivity contribution in [1.29, 1.82) is 0 Å². The Kier molecular flexibility index (Phi) is 3.63. The summed E-state index contributed by atoms with van der Waals surface area (Å²) in [5.41, 5.74) is 2.62. The summed E-state index contributed by atoms with van der Waals surface area (Å²) in [4.78, 5) is 16.1. The van der Waals surface area contributed by atoms with Gasteiger partial charge in [-0.3, -0.25) is 4.79 Å². The number of hydrogen-bond acceptors (Lipinski definition) is 4. The molecule has 2 rings (SSSR count). The van der Waals surface area contributed by atoms with Gasteiger partial charge in [-0.05, 0) is 12.5 Å². The fourth-order valence-corrected chi connectivity index (χ4v) is 2.09. The van der Waals surface area contributed by atoms with E-state index in [4.69, 9.17) is 23.2 Å². The summed E-state index contributed by atoms with van der Waals surface area (Å²) < 4.78 is 1.24. The van der Waals surface area contributed by atoms with Crippen molar-refractivity contribution in [3.05, 3.63) is 32.8 Å². The van der Waals surface area contributed by atoms with E-state index in [0.29, 0.717) is 6.54 Å². The molecule has 2 N–H and O–H groups in total. The van der Waals surface area contributed by atoms with E-state index in [9.17, 15) is 9.90 Å². The lowest BCUT2D eigenvalue weighted by Crippen LogP contribution is -2.29. The van der Waals surface area contributed by atoms with Gasteiger partial charge in [0.2, 0.25) is 0 Å². The van der Waals surface area contributed by atoms with Crippen LogP contribution >= 0.6 is 23.2 Å². The minimum atomic E-state index is -0.370. The molecule has 0 spiro atoms. The van der Waals surface area contributed by atoms with Gasteiger partial charge in [-0.25, -0.2) is 9.66 Å². The van der Waals surface area contributed by atoms with Gasteiger partial charge in [0.25, 0.3) is 5.56 Å². The molecule has 0 fully saturated rings. The van der Waals surface area contributed by atoms with E-state index >= 15 is 0 Å². The summed E-state index contributed by atoms with van der Waals surface area (Å²) in [7, 11) is 0. The molecule has 96 valence electrons. The molecule has 0 bridgehead atoms. The van der Waals surface area contributed by atoms with Crippen molar-refractivity contribution in [3.8, 4) is 5.75 Å². The summed E-state index contributed by atoms with van der Waals surface area (Å²) in [6.07, 6.45) is 2.16. The second-order valence-electron chi connectivity index (χ2n) is 3.74. The molecule has 0 amide bonds. The summed E-state index contributed by atoms with van der Waals surface area (Å²) in [6.45, 7) is 2.61. The van der Waals surface area contributed by atoms with Crippen LogP contribution in [0.4, 0.5) is 0 Å². The Labute approximate surface area is 113 Å². The molecular weight excluding hydrogens is 277 g/mol. The van der Waals surface area contributed by atoms with Crippen LogP contribution < -0.4 is 11.0 Å². The first-order valence-electron chi connectivity index (χ1n) is 5.38. The van der Waals surface area contributed by atoms with Crippen molar-refractivity contribution in [2.24, 2.45) is 0 Å². The molecule has 0 radical (unpaired) electrons. The molecule has 0 aliphatic rings. The maximum absolute atomic E-state index is 12.1. The molecule has 0 aliphatic carbocycles. The van der Waals surface area contributed by atoms with Crippen LogP contribution in [0.25, 0.3) is 10.9 Å². The molecule has 2 aromatic rings. The summed E-state index contributed by atoms with van der Waals surface area (Å²) >= 11 is 11.7.